The van der Waals surface area contributed by atoms with E-state index in [1.165, 1.54) is 0 Å². The molecule has 0 radical (unpaired) electrons. The van der Waals surface area contributed by atoms with Gasteiger partial charge in [0, 0.05) is 5.92 Å². The number of ether oxygens (including phenoxy) is 2. The Hall–Kier alpha value is -2.22. The zero-order valence-corrected chi connectivity index (χ0v) is 10.3. The van der Waals surface area contributed by atoms with Gasteiger partial charge < -0.3 is 14.8 Å². The summed E-state index contributed by atoms with van der Waals surface area (Å²) in [5, 5.41) is 11.8. The Balaban J connectivity index is 2.18. The van der Waals surface area contributed by atoms with Crippen LogP contribution < -0.4 is 14.8 Å². The lowest BCUT2D eigenvalue weighted by atomic mass is 10.1. The Labute approximate surface area is 105 Å². The van der Waals surface area contributed by atoms with Gasteiger partial charge in [-0.25, -0.2) is 0 Å². The number of nitrogens with one attached hydrogen (secondary N) is 1. The van der Waals surface area contributed by atoms with E-state index in [9.17, 15) is 4.79 Å². The van der Waals surface area contributed by atoms with Gasteiger partial charge >= 0.3 is 0 Å². The summed E-state index contributed by atoms with van der Waals surface area (Å²) in [7, 11) is 0. The van der Waals surface area contributed by atoms with Crippen LogP contribution in [0.15, 0.2) is 18.2 Å². The van der Waals surface area contributed by atoms with Gasteiger partial charge in [-0.15, -0.1) is 0 Å². The van der Waals surface area contributed by atoms with E-state index in [2.05, 4.69) is 11.4 Å². The number of carbonyl (C=O) groups is 1. The van der Waals surface area contributed by atoms with Gasteiger partial charge in [0.25, 0.3) is 0 Å². The van der Waals surface area contributed by atoms with E-state index in [0.717, 1.165) is 0 Å². The summed E-state index contributed by atoms with van der Waals surface area (Å²) in [6, 6.07) is 6.61. The monoisotopic (exact) mass is 246 g/mol. The maximum absolute atomic E-state index is 11.6. The van der Waals surface area contributed by atoms with Crippen molar-refractivity contribution >= 4 is 5.91 Å². The van der Waals surface area contributed by atoms with Crippen molar-refractivity contribution in [1.82, 2.24) is 5.32 Å². The SMILES string of the molecule is CC(C)C(=O)NC(C#N)c1ccc2c(c1)OCO2. The number of hydrogen-bond donors (Lipinski definition) is 1. The predicted octanol–water partition coefficient (Wildman–Crippen LogP) is 1.75. The smallest absolute Gasteiger partial charge is 0.231 e. The molecule has 5 heteroatoms. The van der Waals surface area contributed by atoms with E-state index >= 15 is 0 Å². The molecule has 2 rings (SSSR count). The molecule has 1 aromatic rings. The number of hydrogen-bond acceptors (Lipinski definition) is 4. The minimum atomic E-state index is -0.672. The molecular formula is C13H14N2O3. The van der Waals surface area contributed by atoms with Gasteiger partial charge in [0.15, 0.2) is 11.5 Å². The molecule has 1 amide bonds. The molecule has 5 nitrogen and oxygen atoms in total. The minimum Gasteiger partial charge on any atom is -0.454 e. The molecule has 1 aliphatic rings. The molecule has 1 N–H and O–H groups in total. The van der Waals surface area contributed by atoms with Crippen LogP contribution in [0.25, 0.3) is 0 Å². The predicted molar refractivity (Wildman–Crippen MR) is 63.9 cm³/mol. The van der Waals surface area contributed by atoms with Gasteiger partial charge in [-0.2, -0.15) is 5.26 Å². The molecule has 1 aliphatic heterocycles. The van der Waals surface area contributed by atoms with Crippen molar-refractivity contribution in [2.75, 3.05) is 6.79 Å². The van der Waals surface area contributed by atoms with E-state index in [1.807, 2.05) is 0 Å². The molecule has 0 saturated heterocycles. The lowest BCUT2D eigenvalue weighted by Gasteiger charge is -2.14. The first-order chi connectivity index (χ1) is 8.61. The van der Waals surface area contributed by atoms with Crippen molar-refractivity contribution in [3.05, 3.63) is 23.8 Å². The van der Waals surface area contributed by atoms with Crippen LogP contribution in [-0.4, -0.2) is 12.7 Å². The number of nitrogens with zero attached hydrogens (tertiary/aromatic N) is 1. The first-order valence-corrected chi connectivity index (χ1v) is 5.71. The van der Waals surface area contributed by atoms with Crippen LogP contribution in [0.5, 0.6) is 11.5 Å². The van der Waals surface area contributed by atoms with Gasteiger partial charge in [-0.05, 0) is 17.7 Å². The molecule has 0 aliphatic carbocycles. The Morgan fingerprint density at radius 1 is 1.39 bits per heavy atom. The molecule has 18 heavy (non-hydrogen) atoms. The van der Waals surface area contributed by atoms with Crippen LogP contribution in [0.2, 0.25) is 0 Å². The second-order valence-electron chi connectivity index (χ2n) is 4.34. The summed E-state index contributed by atoms with van der Waals surface area (Å²) in [4.78, 5) is 11.6. The average Bonchev–Trinajstić information content (AvgIpc) is 2.82. The van der Waals surface area contributed by atoms with E-state index < -0.39 is 6.04 Å². The van der Waals surface area contributed by atoms with Crippen LogP contribution in [0.1, 0.15) is 25.5 Å². The molecule has 0 aromatic heterocycles. The Morgan fingerprint density at radius 2 is 2.11 bits per heavy atom. The second kappa shape index (κ2) is 4.96. The molecular weight excluding hydrogens is 232 g/mol. The van der Waals surface area contributed by atoms with E-state index in [4.69, 9.17) is 14.7 Å². The highest BCUT2D eigenvalue weighted by molar-refractivity contribution is 5.78. The molecule has 94 valence electrons. The molecule has 1 aromatic carbocycles. The minimum absolute atomic E-state index is 0.154. The van der Waals surface area contributed by atoms with Crippen LogP contribution in [0, 0.1) is 17.2 Å². The maximum atomic E-state index is 11.6. The molecule has 0 spiro atoms. The Morgan fingerprint density at radius 3 is 2.78 bits per heavy atom. The topological polar surface area (TPSA) is 71.4 Å². The summed E-state index contributed by atoms with van der Waals surface area (Å²) in [6.45, 7) is 3.75. The molecule has 0 bridgehead atoms. The molecule has 0 fully saturated rings. The maximum Gasteiger partial charge on any atom is 0.231 e. The van der Waals surface area contributed by atoms with Crippen LogP contribution >= 0.6 is 0 Å². The first-order valence-electron chi connectivity index (χ1n) is 5.71. The highest BCUT2D eigenvalue weighted by Gasteiger charge is 2.20. The number of amides is 1. The fourth-order valence-electron chi connectivity index (χ4n) is 1.59. The molecule has 1 atom stereocenters. The Kier molecular flexibility index (Phi) is 3.38. The first kappa shape index (κ1) is 12.2. The number of nitriles is 1. The third kappa shape index (κ3) is 2.38. The number of fused-ring (bicyclic) bond motifs is 1. The normalized spacial score (nSPS) is 14.1. The largest absolute Gasteiger partial charge is 0.454 e. The van der Waals surface area contributed by atoms with Gasteiger partial charge in [-0.3, -0.25) is 4.79 Å². The van der Waals surface area contributed by atoms with Gasteiger partial charge in [0.2, 0.25) is 12.7 Å². The zero-order valence-electron chi connectivity index (χ0n) is 10.3. The van der Waals surface area contributed by atoms with Gasteiger partial charge in [0.05, 0.1) is 6.07 Å². The van der Waals surface area contributed by atoms with Crippen LogP contribution in [0.3, 0.4) is 0 Å². The van der Waals surface area contributed by atoms with E-state index in [1.54, 1.807) is 32.0 Å². The molecule has 1 heterocycles. The number of carbonyl (C=O) groups excluding carboxylic acids is 1. The summed E-state index contributed by atoms with van der Waals surface area (Å²) in [6.07, 6.45) is 0. The lowest BCUT2D eigenvalue weighted by Crippen LogP contribution is -2.31. The Bertz CT molecular complexity index is 505. The summed E-state index contributed by atoms with van der Waals surface area (Å²) in [5.41, 5.74) is 0.691. The summed E-state index contributed by atoms with van der Waals surface area (Å²) in [5.74, 6) is 0.950. The standard InChI is InChI=1S/C13H14N2O3/c1-8(2)13(16)15-10(6-14)9-3-4-11-12(5-9)18-7-17-11/h3-5,8,10H,7H2,1-2H3,(H,15,16). The average molecular weight is 246 g/mol. The van der Waals surface area contributed by atoms with Crippen molar-refractivity contribution in [3.8, 4) is 17.6 Å². The van der Waals surface area contributed by atoms with E-state index in [0.29, 0.717) is 17.1 Å². The van der Waals surface area contributed by atoms with Crippen molar-refractivity contribution in [3.63, 3.8) is 0 Å². The summed E-state index contributed by atoms with van der Waals surface area (Å²) < 4.78 is 10.4. The quantitative estimate of drug-likeness (QED) is 0.882. The second-order valence-corrected chi connectivity index (χ2v) is 4.34. The molecule has 0 saturated carbocycles. The third-order valence-corrected chi connectivity index (χ3v) is 2.67. The van der Waals surface area contributed by atoms with Gasteiger partial charge in [0.1, 0.15) is 6.04 Å². The van der Waals surface area contributed by atoms with Crippen molar-refractivity contribution in [2.24, 2.45) is 5.92 Å². The summed E-state index contributed by atoms with van der Waals surface area (Å²) >= 11 is 0. The van der Waals surface area contributed by atoms with Crippen LogP contribution in [-0.2, 0) is 4.79 Å². The highest BCUT2D eigenvalue weighted by Crippen LogP contribution is 2.34. The lowest BCUT2D eigenvalue weighted by molar-refractivity contribution is -0.124. The number of rotatable bonds is 3. The van der Waals surface area contributed by atoms with Crippen molar-refractivity contribution in [1.29, 1.82) is 5.26 Å². The zero-order chi connectivity index (χ0) is 13.1. The number of benzene rings is 1. The third-order valence-electron chi connectivity index (χ3n) is 2.67. The van der Waals surface area contributed by atoms with Crippen molar-refractivity contribution in [2.45, 2.75) is 19.9 Å². The highest BCUT2D eigenvalue weighted by atomic mass is 16.7. The van der Waals surface area contributed by atoms with Crippen molar-refractivity contribution < 1.29 is 14.3 Å². The fourth-order valence-corrected chi connectivity index (χ4v) is 1.59. The van der Waals surface area contributed by atoms with Gasteiger partial charge in [-0.1, -0.05) is 19.9 Å². The van der Waals surface area contributed by atoms with Crippen LogP contribution in [0.4, 0.5) is 0 Å². The molecule has 1 unspecified atom stereocenters. The fraction of sp³-hybridized carbons (Fsp3) is 0.385. The van der Waals surface area contributed by atoms with E-state index in [-0.39, 0.29) is 18.6 Å².